The van der Waals surface area contributed by atoms with Crippen molar-refractivity contribution in [2.75, 3.05) is 34.8 Å². The zero-order chi connectivity index (χ0) is 23.3. The van der Waals surface area contributed by atoms with Crippen molar-refractivity contribution >= 4 is 23.4 Å². The molecule has 1 atom stereocenters. The topological polar surface area (TPSA) is 87.1 Å². The van der Waals surface area contributed by atoms with E-state index in [0.717, 1.165) is 36.7 Å². The maximum atomic E-state index is 12.6. The first-order chi connectivity index (χ1) is 16.7. The Labute approximate surface area is 198 Å². The van der Waals surface area contributed by atoms with Gasteiger partial charge in [0.1, 0.15) is 5.82 Å². The van der Waals surface area contributed by atoms with Crippen molar-refractivity contribution in [1.82, 2.24) is 19.9 Å². The molecule has 1 fully saturated rings. The predicted molar refractivity (Wildman–Crippen MR) is 133 cm³/mol. The van der Waals surface area contributed by atoms with Crippen LogP contribution in [-0.2, 0) is 0 Å². The molecule has 0 radical (unpaired) electrons. The number of benzene rings is 1. The molecule has 1 aliphatic rings. The third-order valence-electron chi connectivity index (χ3n) is 5.85. The lowest BCUT2D eigenvalue weighted by Gasteiger charge is -2.40. The number of carbonyl (C=O) groups is 1. The van der Waals surface area contributed by atoms with Gasteiger partial charge in [0, 0.05) is 43.6 Å². The lowest BCUT2D eigenvalue weighted by atomic mass is 10.1. The summed E-state index contributed by atoms with van der Waals surface area (Å²) < 4.78 is 0. The third-order valence-corrected chi connectivity index (χ3v) is 5.85. The highest BCUT2D eigenvalue weighted by molar-refractivity contribution is 6.04. The number of aromatic nitrogens is 4. The molecule has 0 bridgehead atoms. The van der Waals surface area contributed by atoms with Crippen LogP contribution >= 0.6 is 0 Å². The van der Waals surface area contributed by atoms with Gasteiger partial charge in [0.05, 0.1) is 29.3 Å². The van der Waals surface area contributed by atoms with Gasteiger partial charge in [-0.15, -0.1) is 0 Å². The van der Waals surface area contributed by atoms with E-state index in [1.54, 1.807) is 24.7 Å². The molecule has 0 unspecified atom stereocenters. The van der Waals surface area contributed by atoms with Crippen LogP contribution in [-0.4, -0.2) is 51.5 Å². The van der Waals surface area contributed by atoms with Gasteiger partial charge in [-0.05, 0) is 31.2 Å². The van der Waals surface area contributed by atoms with Crippen LogP contribution in [0.1, 0.15) is 17.3 Å². The van der Waals surface area contributed by atoms with Gasteiger partial charge in [-0.2, -0.15) is 0 Å². The SMILES string of the molecule is C[C@H]1CN(c2ccccn2)CCN1c1ncc(NC(=O)c2ccc(-c3ccccc3)nc2)cn1. The highest BCUT2D eigenvalue weighted by atomic mass is 16.1. The summed E-state index contributed by atoms with van der Waals surface area (Å²) in [5.74, 6) is 1.39. The van der Waals surface area contributed by atoms with Gasteiger partial charge >= 0.3 is 0 Å². The Hall–Kier alpha value is -4.33. The molecular weight excluding hydrogens is 426 g/mol. The van der Waals surface area contributed by atoms with Crippen molar-refractivity contribution in [3.05, 3.63) is 91.0 Å². The van der Waals surface area contributed by atoms with Crippen LogP contribution in [0.5, 0.6) is 0 Å². The molecule has 1 saturated heterocycles. The Balaban J connectivity index is 1.20. The second-order valence-electron chi connectivity index (χ2n) is 8.20. The summed E-state index contributed by atoms with van der Waals surface area (Å²) in [5.41, 5.74) is 2.85. The molecule has 1 N–H and O–H groups in total. The fourth-order valence-electron chi connectivity index (χ4n) is 4.05. The highest BCUT2D eigenvalue weighted by Gasteiger charge is 2.26. The Kier molecular flexibility index (Phi) is 6.11. The van der Waals surface area contributed by atoms with Gasteiger partial charge in [0.15, 0.2) is 0 Å². The number of rotatable bonds is 5. The predicted octanol–water partition coefficient (Wildman–Crippen LogP) is 3.90. The number of nitrogens with zero attached hydrogens (tertiary/aromatic N) is 6. The maximum absolute atomic E-state index is 12.6. The van der Waals surface area contributed by atoms with E-state index < -0.39 is 0 Å². The monoisotopic (exact) mass is 451 g/mol. The first-order valence-corrected chi connectivity index (χ1v) is 11.2. The Morgan fingerprint density at radius 1 is 0.882 bits per heavy atom. The Morgan fingerprint density at radius 3 is 2.35 bits per heavy atom. The van der Waals surface area contributed by atoms with Gasteiger partial charge in [0.25, 0.3) is 5.91 Å². The standard InChI is InChI=1S/C26H25N7O/c1-19-18-32(24-9-5-6-12-27-24)13-14-33(19)26-29-16-22(17-30-26)31-25(34)21-10-11-23(28-15-21)20-7-3-2-4-8-20/h2-12,15-17,19H,13-14,18H2,1H3,(H,31,34)/t19-/m0/s1. The second-order valence-corrected chi connectivity index (χ2v) is 8.20. The third kappa shape index (κ3) is 4.71. The van der Waals surface area contributed by atoms with Gasteiger partial charge < -0.3 is 15.1 Å². The van der Waals surface area contributed by atoms with Gasteiger partial charge in [0.2, 0.25) is 5.95 Å². The summed E-state index contributed by atoms with van der Waals surface area (Å²) >= 11 is 0. The van der Waals surface area contributed by atoms with Gasteiger partial charge in [-0.1, -0.05) is 36.4 Å². The summed E-state index contributed by atoms with van der Waals surface area (Å²) in [7, 11) is 0. The van der Waals surface area contributed by atoms with E-state index in [4.69, 9.17) is 0 Å². The van der Waals surface area contributed by atoms with E-state index in [1.807, 2.05) is 60.8 Å². The fourth-order valence-corrected chi connectivity index (χ4v) is 4.05. The number of amides is 1. The Morgan fingerprint density at radius 2 is 1.68 bits per heavy atom. The van der Waals surface area contributed by atoms with E-state index in [1.165, 1.54) is 0 Å². The molecule has 4 aromatic rings. The average Bonchev–Trinajstić information content (AvgIpc) is 2.90. The zero-order valence-electron chi connectivity index (χ0n) is 18.9. The van der Waals surface area contributed by atoms with Crippen LogP contribution in [0.3, 0.4) is 0 Å². The van der Waals surface area contributed by atoms with Crippen molar-refractivity contribution < 1.29 is 4.79 Å². The summed E-state index contributed by atoms with van der Waals surface area (Å²) in [6.07, 6.45) is 6.68. The van der Waals surface area contributed by atoms with Crippen LogP contribution in [0.25, 0.3) is 11.3 Å². The van der Waals surface area contributed by atoms with E-state index >= 15 is 0 Å². The average molecular weight is 452 g/mol. The molecule has 0 saturated carbocycles. The molecule has 8 nitrogen and oxygen atoms in total. The molecule has 34 heavy (non-hydrogen) atoms. The minimum Gasteiger partial charge on any atom is -0.353 e. The van der Waals surface area contributed by atoms with E-state index in [0.29, 0.717) is 17.2 Å². The van der Waals surface area contributed by atoms with Gasteiger partial charge in [-0.25, -0.2) is 15.0 Å². The first kappa shape index (κ1) is 21.5. The smallest absolute Gasteiger partial charge is 0.257 e. The van der Waals surface area contributed by atoms with Crippen molar-refractivity contribution in [2.24, 2.45) is 0 Å². The van der Waals surface area contributed by atoms with Crippen LogP contribution < -0.4 is 15.1 Å². The summed E-state index contributed by atoms with van der Waals surface area (Å²) in [6.45, 7) is 4.63. The van der Waals surface area contributed by atoms with Crippen LogP contribution in [0.4, 0.5) is 17.5 Å². The molecule has 0 aliphatic carbocycles. The zero-order valence-corrected chi connectivity index (χ0v) is 18.9. The quantitative estimate of drug-likeness (QED) is 0.492. The number of hydrogen-bond donors (Lipinski definition) is 1. The van der Waals surface area contributed by atoms with Crippen molar-refractivity contribution in [2.45, 2.75) is 13.0 Å². The molecular formula is C26H25N7O. The molecule has 1 aliphatic heterocycles. The number of piperazine rings is 1. The number of hydrogen-bond acceptors (Lipinski definition) is 7. The molecule has 1 amide bonds. The number of pyridine rings is 2. The minimum atomic E-state index is -0.249. The van der Waals surface area contributed by atoms with E-state index in [-0.39, 0.29) is 11.9 Å². The van der Waals surface area contributed by atoms with Crippen LogP contribution in [0.2, 0.25) is 0 Å². The largest absolute Gasteiger partial charge is 0.353 e. The summed E-state index contributed by atoms with van der Waals surface area (Å²) in [6, 6.07) is 19.6. The number of nitrogens with one attached hydrogen (secondary N) is 1. The number of anilines is 3. The molecule has 3 aromatic heterocycles. The fraction of sp³-hybridized carbons (Fsp3) is 0.192. The molecule has 0 spiro atoms. The number of carbonyl (C=O) groups excluding carboxylic acids is 1. The molecule has 170 valence electrons. The van der Waals surface area contributed by atoms with Crippen LogP contribution in [0, 0.1) is 0 Å². The van der Waals surface area contributed by atoms with Crippen molar-refractivity contribution in [1.29, 1.82) is 0 Å². The van der Waals surface area contributed by atoms with E-state index in [2.05, 4.69) is 42.0 Å². The summed E-state index contributed by atoms with van der Waals surface area (Å²) in [4.78, 5) is 35.0. The van der Waals surface area contributed by atoms with Gasteiger partial charge in [-0.3, -0.25) is 9.78 Å². The van der Waals surface area contributed by atoms with E-state index in [9.17, 15) is 4.79 Å². The second kappa shape index (κ2) is 9.66. The molecule has 4 heterocycles. The molecule has 1 aromatic carbocycles. The van der Waals surface area contributed by atoms with Crippen LogP contribution in [0.15, 0.2) is 85.5 Å². The summed E-state index contributed by atoms with van der Waals surface area (Å²) in [5, 5.41) is 2.85. The lowest BCUT2D eigenvalue weighted by molar-refractivity contribution is 0.102. The minimum absolute atomic E-state index is 0.227. The molecule has 8 heteroatoms. The highest BCUT2D eigenvalue weighted by Crippen LogP contribution is 2.21. The Bertz CT molecular complexity index is 1230. The normalized spacial score (nSPS) is 15.7. The lowest BCUT2D eigenvalue weighted by Crippen LogP contribution is -2.53. The maximum Gasteiger partial charge on any atom is 0.257 e. The molecule has 5 rings (SSSR count). The first-order valence-electron chi connectivity index (χ1n) is 11.2. The van der Waals surface area contributed by atoms with Crippen molar-refractivity contribution in [3.63, 3.8) is 0 Å². The van der Waals surface area contributed by atoms with Crippen molar-refractivity contribution in [3.8, 4) is 11.3 Å².